The third-order valence-corrected chi connectivity index (χ3v) is 11.9. The summed E-state index contributed by atoms with van der Waals surface area (Å²) in [5.74, 6) is -1.01. The molecular formula is C27H36N2O9P2. The lowest BCUT2D eigenvalue weighted by atomic mass is 10.1. The van der Waals surface area contributed by atoms with Gasteiger partial charge in [0.2, 0.25) is 0 Å². The number of hydrogen-bond donors (Lipinski definition) is 1. The number of rotatable bonds is 16. The number of ether oxygens (including phenoxy) is 1. The molecule has 0 radical (unpaired) electrons. The molecule has 3 aromatic rings. The van der Waals surface area contributed by atoms with E-state index in [0.29, 0.717) is 22.3 Å². The lowest BCUT2D eigenvalue weighted by Gasteiger charge is -2.31. The number of hydrogen-bond acceptors (Lipinski definition) is 9. The van der Waals surface area contributed by atoms with Crippen molar-refractivity contribution in [2.45, 2.75) is 39.6 Å². The van der Waals surface area contributed by atoms with E-state index in [0.717, 1.165) is 0 Å². The molecule has 0 aliphatic rings. The Morgan fingerprint density at radius 2 is 1.35 bits per heavy atom. The van der Waals surface area contributed by atoms with E-state index in [1.54, 1.807) is 80.8 Å². The van der Waals surface area contributed by atoms with Crippen molar-refractivity contribution in [2.24, 2.45) is 0 Å². The molecule has 0 saturated carbocycles. The van der Waals surface area contributed by atoms with Crippen molar-refractivity contribution < 1.29 is 41.6 Å². The minimum Gasteiger partial charge on any atom is -0.497 e. The van der Waals surface area contributed by atoms with E-state index in [2.05, 4.69) is 5.32 Å². The molecule has 0 fully saturated rings. The summed E-state index contributed by atoms with van der Waals surface area (Å²) in [6.07, 6.45) is 1.47. The Balaban J connectivity index is 2.05. The molecule has 0 aliphatic carbocycles. The molecule has 0 saturated heterocycles. The zero-order chi connectivity index (χ0) is 29.3. The van der Waals surface area contributed by atoms with E-state index in [1.807, 2.05) is 0 Å². The highest BCUT2D eigenvalue weighted by molar-refractivity contribution is 7.72. The number of fused-ring (bicyclic) bond motifs is 1. The predicted octanol–water partition coefficient (Wildman–Crippen LogP) is 6.33. The molecule has 218 valence electrons. The maximum atomic E-state index is 14.0. The number of aromatic nitrogens is 1. The average Bonchev–Trinajstić information content (AvgIpc) is 3.30. The summed E-state index contributed by atoms with van der Waals surface area (Å²) in [4.78, 5) is 26.3. The summed E-state index contributed by atoms with van der Waals surface area (Å²) in [5.41, 5.74) is 1.09. The fourth-order valence-electron chi connectivity index (χ4n) is 4.25. The zero-order valence-corrected chi connectivity index (χ0v) is 25.1. The van der Waals surface area contributed by atoms with Gasteiger partial charge in [0.05, 0.1) is 39.1 Å². The molecule has 13 heteroatoms. The number of ketones is 1. The van der Waals surface area contributed by atoms with Crippen molar-refractivity contribution in [1.29, 1.82) is 0 Å². The van der Waals surface area contributed by atoms with Gasteiger partial charge in [-0.3, -0.25) is 18.7 Å². The van der Waals surface area contributed by atoms with E-state index >= 15 is 0 Å². The topological polar surface area (TPSA) is 131 Å². The van der Waals surface area contributed by atoms with Crippen molar-refractivity contribution in [1.82, 2.24) is 4.57 Å². The number of anilines is 1. The van der Waals surface area contributed by atoms with E-state index in [1.165, 1.54) is 13.3 Å². The Kier molecular flexibility index (Phi) is 11.3. The van der Waals surface area contributed by atoms with Crippen LogP contribution in [0.4, 0.5) is 5.69 Å². The average molecular weight is 595 g/mol. The van der Waals surface area contributed by atoms with Crippen molar-refractivity contribution in [2.75, 3.05) is 38.9 Å². The van der Waals surface area contributed by atoms with Crippen molar-refractivity contribution in [3.05, 3.63) is 60.3 Å². The van der Waals surface area contributed by atoms with Crippen molar-refractivity contribution in [3.8, 4) is 5.75 Å². The Morgan fingerprint density at radius 1 is 0.825 bits per heavy atom. The Morgan fingerprint density at radius 3 is 1.85 bits per heavy atom. The molecule has 1 aromatic heterocycles. The Labute approximate surface area is 234 Å². The van der Waals surface area contributed by atoms with Crippen LogP contribution in [0.5, 0.6) is 5.75 Å². The van der Waals surface area contributed by atoms with Crippen LogP contribution in [0.15, 0.2) is 54.7 Å². The molecule has 0 atom stereocenters. The van der Waals surface area contributed by atoms with Gasteiger partial charge in [-0.1, -0.05) is 18.2 Å². The minimum atomic E-state index is -4.05. The highest BCUT2D eigenvalue weighted by Crippen LogP contribution is 2.70. The van der Waals surface area contributed by atoms with Gasteiger partial charge < -0.3 is 32.7 Å². The molecule has 0 aliphatic heterocycles. The predicted molar refractivity (Wildman–Crippen MR) is 153 cm³/mol. The van der Waals surface area contributed by atoms with Crippen LogP contribution in [0, 0.1) is 0 Å². The number of methoxy groups -OCH3 is 1. The number of benzene rings is 2. The molecule has 0 unspecified atom stereocenters. The lowest BCUT2D eigenvalue weighted by Crippen LogP contribution is -2.23. The smallest absolute Gasteiger partial charge is 0.347 e. The van der Waals surface area contributed by atoms with Gasteiger partial charge in [0, 0.05) is 29.3 Å². The van der Waals surface area contributed by atoms with Gasteiger partial charge in [0.15, 0.2) is 5.40 Å². The number of nitrogens with one attached hydrogen (secondary N) is 1. The van der Waals surface area contributed by atoms with Crippen LogP contribution in [0.1, 0.15) is 38.1 Å². The number of carbonyl (C=O) groups excluding carboxylic acids is 2. The van der Waals surface area contributed by atoms with Crippen LogP contribution >= 0.6 is 15.2 Å². The number of amides is 1. The molecule has 1 amide bonds. The van der Waals surface area contributed by atoms with Crippen LogP contribution in [-0.4, -0.2) is 55.2 Å². The van der Waals surface area contributed by atoms with Crippen molar-refractivity contribution in [3.63, 3.8) is 0 Å². The quantitative estimate of drug-likeness (QED) is 0.115. The standard InChI is InChI=1S/C27H36N2O9P2/c1-6-35-39(32,36-7-2)25(40(33,37-8-3)38-9-4)19-29-18-23(22-12-10-11-13-24(22)29)26(30)27(31)28-20-14-16-21(34-5)17-15-20/h10-18,25H,6-9,19H2,1-5H3,(H,28,31). The summed E-state index contributed by atoms with van der Waals surface area (Å²) in [6.45, 7) is 6.55. The highest BCUT2D eigenvalue weighted by atomic mass is 31.2. The van der Waals surface area contributed by atoms with Crippen LogP contribution in [0.25, 0.3) is 10.9 Å². The third kappa shape index (κ3) is 7.10. The maximum absolute atomic E-state index is 14.0. The van der Waals surface area contributed by atoms with Gasteiger partial charge in [-0.05, 0) is 58.0 Å². The second kappa shape index (κ2) is 14.2. The van der Waals surface area contributed by atoms with E-state index in [9.17, 15) is 18.7 Å². The molecule has 1 N–H and O–H groups in total. The molecule has 0 spiro atoms. The first-order valence-corrected chi connectivity index (χ1v) is 16.2. The van der Waals surface area contributed by atoms with Gasteiger partial charge >= 0.3 is 15.2 Å². The maximum Gasteiger partial charge on any atom is 0.347 e. The SMILES string of the molecule is CCOP(=O)(OCC)C(Cn1cc(C(=O)C(=O)Nc2ccc(OC)cc2)c2ccccc21)P(=O)(OCC)OCC. The second-order valence-corrected chi connectivity index (χ2v) is 13.3. The van der Waals surface area contributed by atoms with E-state index in [4.69, 9.17) is 22.8 Å². The summed E-state index contributed by atoms with van der Waals surface area (Å²) in [7, 11) is -6.57. The minimum absolute atomic E-state index is 0.0354. The number of carbonyl (C=O) groups is 2. The summed E-state index contributed by atoms with van der Waals surface area (Å²) >= 11 is 0. The van der Waals surface area contributed by atoms with Gasteiger partial charge in [0.25, 0.3) is 11.7 Å². The molecule has 11 nitrogen and oxygen atoms in total. The van der Waals surface area contributed by atoms with Gasteiger partial charge in [-0.25, -0.2) is 0 Å². The van der Waals surface area contributed by atoms with Crippen LogP contribution in [-0.2, 0) is 38.6 Å². The summed E-state index contributed by atoms with van der Waals surface area (Å²) in [6, 6.07) is 13.5. The fourth-order valence-corrected chi connectivity index (χ4v) is 9.47. The van der Waals surface area contributed by atoms with Gasteiger partial charge in [-0.2, -0.15) is 0 Å². The summed E-state index contributed by atoms with van der Waals surface area (Å²) in [5, 5.41) is 1.75. The normalized spacial score (nSPS) is 12.2. The molecule has 3 rings (SSSR count). The first-order chi connectivity index (χ1) is 19.2. The Hall–Kier alpha value is -2.78. The number of nitrogens with zero attached hydrogens (tertiary/aromatic N) is 1. The van der Waals surface area contributed by atoms with Gasteiger partial charge in [0.1, 0.15) is 5.75 Å². The van der Waals surface area contributed by atoms with Crippen LogP contribution in [0.3, 0.4) is 0 Å². The van der Waals surface area contributed by atoms with E-state index < -0.39 is 32.3 Å². The monoisotopic (exact) mass is 594 g/mol. The first-order valence-electron chi connectivity index (χ1n) is 13.0. The molecule has 40 heavy (non-hydrogen) atoms. The highest BCUT2D eigenvalue weighted by Gasteiger charge is 2.51. The van der Waals surface area contributed by atoms with Crippen LogP contribution < -0.4 is 10.1 Å². The summed E-state index contributed by atoms with van der Waals surface area (Å²) < 4.78 is 57.1. The molecule has 0 bridgehead atoms. The van der Waals surface area contributed by atoms with E-state index in [-0.39, 0.29) is 38.5 Å². The Bertz CT molecular complexity index is 1350. The zero-order valence-electron chi connectivity index (χ0n) is 23.3. The molecular weight excluding hydrogens is 558 g/mol. The number of Topliss-reactive ketones (excluding diaryl/α,β-unsaturated/α-hetero) is 1. The third-order valence-electron chi connectivity index (χ3n) is 5.91. The lowest BCUT2D eigenvalue weighted by molar-refractivity contribution is -0.112. The van der Waals surface area contributed by atoms with Gasteiger partial charge in [-0.15, -0.1) is 0 Å². The molecule has 2 aromatic carbocycles. The van der Waals surface area contributed by atoms with Crippen LogP contribution in [0.2, 0.25) is 0 Å². The molecule has 1 heterocycles. The first kappa shape index (κ1) is 31.7. The van der Waals surface area contributed by atoms with Crippen molar-refractivity contribution >= 4 is 43.5 Å². The largest absolute Gasteiger partial charge is 0.497 e. The number of para-hydroxylation sites is 1. The second-order valence-electron chi connectivity index (χ2n) is 8.46. The fraction of sp³-hybridized carbons (Fsp3) is 0.407.